The number of carbonyl (C=O) groups excluding carboxylic acids is 2. The number of nitrogens with zero attached hydrogens (tertiary/aromatic N) is 3. The average Bonchev–Trinajstić information content (AvgIpc) is 3.74. The summed E-state index contributed by atoms with van der Waals surface area (Å²) in [4.78, 5) is 28.9. The Bertz CT molecular complexity index is 1910. The van der Waals surface area contributed by atoms with Crippen molar-refractivity contribution < 1.29 is 28.9 Å². The lowest BCUT2D eigenvalue weighted by Gasteiger charge is -2.23. The molecular formula is C34H29Cl2N3O6S2. The van der Waals surface area contributed by atoms with Gasteiger partial charge in [-0.1, -0.05) is 71.1 Å². The van der Waals surface area contributed by atoms with Gasteiger partial charge in [0.25, 0.3) is 5.78 Å². The van der Waals surface area contributed by atoms with Gasteiger partial charge in [0.2, 0.25) is 5.13 Å². The predicted octanol–water partition coefficient (Wildman–Crippen LogP) is 8.05. The molecule has 0 unspecified atom stereocenters. The fourth-order valence-electron chi connectivity index (χ4n) is 5.44. The number of hydrogen-bond donors (Lipinski definition) is 1. The van der Waals surface area contributed by atoms with E-state index in [1.165, 1.54) is 16.7 Å². The lowest BCUT2D eigenvalue weighted by atomic mass is 9.94. The molecule has 3 heterocycles. The summed E-state index contributed by atoms with van der Waals surface area (Å²) in [5, 5.41) is 21.6. The number of ketones is 1. The molecule has 1 N–H and O–H groups in total. The molecule has 1 amide bonds. The molecule has 6 rings (SSSR count). The average molecular weight is 711 g/mol. The van der Waals surface area contributed by atoms with E-state index in [-0.39, 0.29) is 29.2 Å². The molecular weight excluding hydrogens is 681 g/mol. The minimum Gasteiger partial charge on any atom is -0.507 e. The Hall–Kier alpha value is -4.03. The SMILES string of the molecule is C=CCOc1ccc([C@H]2/C(=C(\O)c3ccc4c(c3)C[C@@H](C)O4)C(=O)C(=O)N2c2nnc(SCc3ccc(Cl)cc3Cl)s2)cc1OCC. The van der Waals surface area contributed by atoms with Gasteiger partial charge in [0.1, 0.15) is 24.2 Å². The third-order valence-electron chi connectivity index (χ3n) is 7.52. The van der Waals surface area contributed by atoms with Gasteiger partial charge in [0, 0.05) is 27.8 Å². The summed E-state index contributed by atoms with van der Waals surface area (Å²) in [5.74, 6) is 0.0938. The van der Waals surface area contributed by atoms with Crippen LogP contribution in [0, 0.1) is 0 Å². The molecule has 1 saturated heterocycles. The highest BCUT2D eigenvalue weighted by molar-refractivity contribution is 8.00. The standard InChI is InChI=1S/C34H29Cl2N3O6S2/c1-4-12-44-26-11-7-19(15-27(26)43-5-2)29-28(30(40)20-8-10-25-22(14-20)13-18(3)45-25)31(41)32(42)39(29)33-37-38-34(47-33)46-17-21-6-9-23(35)16-24(21)36/h4,6-11,14-16,18,29,40H,1,5,12-13,17H2,2-3H3/b30-28+/t18-,29+/m1/s1. The smallest absolute Gasteiger partial charge is 0.301 e. The molecule has 1 fully saturated rings. The molecule has 242 valence electrons. The highest BCUT2D eigenvalue weighted by Crippen LogP contribution is 2.46. The van der Waals surface area contributed by atoms with Crippen molar-refractivity contribution in [1.29, 1.82) is 0 Å². The van der Waals surface area contributed by atoms with E-state index in [0.717, 1.165) is 28.2 Å². The third kappa shape index (κ3) is 6.71. The van der Waals surface area contributed by atoms with Crippen LogP contribution >= 0.6 is 46.3 Å². The monoisotopic (exact) mass is 709 g/mol. The summed E-state index contributed by atoms with van der Waals surface area (Å²) in [5.41, 5.74) is 2.58. The van der Waals surface area contributed by atoms with Crippen LogP contribution in [0.2, 0.25) is 10.0 Å². The van der Waals surface area contributed by atoms with Gasteiger partial charge >= 0.3 is 5.91 Å². The number of anilines is 1. The maximum Gasteiger partial charge on any atom is 0.301 e. The van der Waals surface area contributed by atoms with Crippen LogP contribution in [0.3, 0.4) is 0 Å². The quantitative estimate of drug-likeness (QED) is 0.0413. The van der Waals surface area contributed by atoms with Gasteiger partial charge in [0.05, 0.1) is 18.2 Å². The molecule has 1 aromatic heterocycles. The molecule has 0 radical (unpaired) electrons. The van der Waals surface area contributed by atoms with E-state index in [2.05, 4.69) is 16.8 Å². The van der Waals surface area contributed by atoms with Gasteiger partial charge in [0.15, 0.2) is 15.8 Å². The Kier molecular flexibility index (Phi) is 9.79. The van der Waals surface area contributed by atoms with Crippen molar-refractivity contribution in [1.82, 2.24) is 10.2 Å². The fraction of sp³-hybridized carbons (Fsp3) is 0.235. The molecule has 13 heteroatoms. The number of thioether (sulfide) groups is 1. The summed E-state index contributed by atoms with van der Waals surface area (Å²) < 4.78 is 18.0. The molecule has 0 saturated carbocycles. The molecule has 0 bridgehead atoms. The zero-order chi connectivity index (χ0) is 33.2. The number of aliphatic hydroxyl groups excluding tert-OH is 1. The maximum atomic E-state index is 13.8. The number of hydrogen-bond acceptors (Lipinski definition) is 10. The van der Waals surface area contributed by atoms with Crippen molar-refractivity contribution in [2.24, 2.45) is 0 Å². The van der Waals surface area contributed by atoms with Gasteiger partial charge in [-0.05, 0) is 73.0 Å². The molecule has 0 aliphatic carbocycles. The minimum atomic E-state index is -1.04. The van der Waals surface area contributed by atoms with Crippen LogP contribution in [0.4, 0.5) is 5.13 Å². The second-order valence-corrected chi connectivity index (χ2v) is 13.8. The van der Waals surface area contributed by atoms with Gasteiger partial charge in [-0.15, -0.1) is 10.2 Å². The Morgan fingerprint density at radius 1 is 1.13 bits per heavy atom. The summed E-state index contributed by atoms with van der Waals surface area (Å²) in [7, 11) is 0. The second kappa shape index (κ2) is 14.0. The number of Topliss-reactive ketones (excluding diaryl/α,β-unsaturated/α-hetero) is 1. The molecule has 9 nitrogen and oxygen atoms in total. The summed E-state index contributed by atoms with van der Waals surface area (Å²) in [6.45, 7) is 8.10. The Morgan fingerprint density at radius 3 is 2.72 bits per heavy atom. The molecule has 0 spiro atoms. The van der Waals surface area contributed by atoms with E-state index < -0.39 is 17.7 Å². The Labute approximate surface area is 289 Å². The van der Waals surface area contributed by atoms with Crippen LogP contribution in [0.1, 0.15) is 42.1 Å². The lowest BCUT2D eigenvalue weighted by Crippen LogP contribution is -2.29. The molecule has 2 atom stereocenters. The fourth-order valence-corrected chi connectivity index (χ4v) is 7.86. The number of benzene rings is 3. The van der Waals surface area contributed by atoms with E-state index >= 15 is 0 Å². The first kappa shape index (κ1) is 32.9. The van der Waals surface area contributed by atoms with Gasteiger partial charge in [-0.3, -0.25) is 14.5 Å². The molecule has 4 aromatic rings. The van der Waals surface area contributed by atoms with Crippen LogP contribution in [-0.4, -0.2) is 46.3 Å². The summed E-state index contributed by atoms with van der Waals surface area (Å²) >= 11 is 14.9. The second-order valence-electron chi connectivity index (χ2n) is 10.7. The Balaban J connectivity index is 1.42. The van der Waals surface area contributed by atoms with Crippen LogP contribution < -0.4 is 19.1 Å². The molecule has 2 aliphatic heterocycles. The predicted molar refractivity (Wildman–Crippen MR) is 184 cm³/mol. The van der Waals surface area contributed by atoms with Gasteiger partial charge in [-0.2, -0.15) is 0 Å². The molecule has 47 heavy (non-hydrogen) atoms. The van der Waals surface area contributed by atoms with E-state index in [1.54, 1.807) is 54.6 Å². The number of halogens is 2. The van der Waals surface area contributed by atoms with Crippen molar-refractivity contribution in [2.75, 3.05) is 18.1 Å². The number of aromatic nitrogens is 2. The van der Waals surface area contributed by atoms with E-state index in [0.29, 0.717) is 55.8 Å². The van der Waals surface area contributed by atoms with Crippen LogP contribution in [0.15, 0.2) is 77.2 Å². The summed E-state index contributed by atoms with van der Waals surface area (Å²) in [6.07, 6.45) is 2.27. The first-order valence-corrected chi connectivity index (χ1v) is 17.3. The third-order valence-corrected chi connectivity index (χ3v) is 10.2. The van der Waals surface area contributed by atoms with Crippen molar-refractivity contribution in [3.8, 4) is 17.2 Å². The van der Waals surface area contributed by atoms with Crippen molar-refractivity contribution in [2.45, 2.75) is 42.5 Å². The van der Waals surface area contributed by atoms with Crippen molar-refractivity contribution in [3.05, 3.63) is 105 Å². The largest absolute Gasteiger partial charge is 0.507 e. The van der Waals surface area contributed by atoms with Crippen molar-refractivity contribution in [3.63, 3.8) is 0 Å². The summed E-state index contributed by atoms with van der Waals surface area (Å²) in [6, 6.07) is 14.6. The van der Waals surface area contributed by atoms with E-state index in [1.807, 2.05) is 19.9 Å². The number of carbonyl (C=O) groups is 2. The van der Waals surface area contributed by atoms with Gasteiger partial charge in [-0.25, -0.2) is 0 Å². The van der Waals surface area contributed by atoms with Crippen LogP contribution in [-0.2, 0) is 21.8 Å². The van der Waals surface area contributed by atoms with E-state index in [9.17, 15) is 14.7 Å². The van der Waals surface area contributed by atoms with Crippen LogP contribution in [0.25, 0.3) is 5.76 Å². The zero-order valence-corrected chi connectivity index (χ0v) is 28.5. The molecule has 3 aromatic carbocycles. The molecule has 2 aliphatic rings. The van der Waals surface area contributed by atoms with E-state index in [4.69, 9.17) is 37.4 Å². The number of fused-ring (bicyclic) bond motifs is 1. The van der Waals surface area contributed by atoms with Crippen LogP contribution in [0.5, 0.6) is 17.2 Å². The number of aliphatic hydroxyl groups is 1. The first-order chi connectivity index (χ1) is 22.7. The van der Waals surface area contributed by atoms with Gasteiger partial charge < -0.3 is 19.3 Å². The normalized spacial score (nSPS) is 18.3. The topological polar surface area (TPSA) is 111 Å². The lowest BCUT2D eigenvalue weighted by molar-refractivity contribution is -0.132. The van der Waals surface area contributed by atoms with Crippen molar-refractivity contribution >= 4 is 68.9 Å². The highest BCUT2D eigenvalue weighted by Gasteiger charge is 2.48. The maximum absolute atomic E-state index is 13.8. The number of ether oxygens (including phenoxy) is 3. The highest BCUT2D eigenvalue weighted by atomic mass is 35.5. The number of amides is 1. The Morgan fingerprint density at radius 2 is 1.96 bits per heavy atom. The number of rotatable bonds is 11. The zero-order valence-electron chi connectivity index (χ0n) is 25.4. The minimum absolute atomic E-state index is 0.00743. The first-order valence-electron chi connectivity index (χ1n) is 14.7.